The van der Waals surface area contributed by atoms with Crippen LogP contribution >= 0.6 is 0 Å². The molecule has 108 valence electrons. The van der Waals surface area contributed by atoms with E-state index >= 15 is 0 Å². The highest BCUT2D eigenvalue weighted by Crippen LogP contribution is 2.28. The van der Waals surface area contributed by atoms with Gasteiger partial charge in [-0.05, 0) is 29.8 Å². The van der Waals surface area contributed by atoms with E-state index in [2.05, 4.69) is 10.6 Å². The molecule has 21 heavy (non-hydrogen) atoms. The zero-order valence-corrected chi connectivity index (χ0v) is 12.5. The predicted molar refractivity (Wildman–Crippen MR) is 83.1 cm³/mol. The van der Waals surface area contributed by atoms with Gasteiger partial charge in [0.2, 0.25) is 0 Å². The number of hydrogen-bond acceptors (Lipinski definition) is 3. The minimum Gasteiger partial charge on any atom is -0.493 e. The van der Waals surface area contributed by atoms with Crippen molar-refractivity contribution in [2.75, 3.05) is 14.2 Å². The summed E-state index contributed by atoms with van der Waals surface area (Å²) in [5.74, 6) is 2.52. The van der Waals surface area contributed by atoms with Crippen molar-refractivity contribution >= 4 is 11.0 Å². The van der Waals surface area contributed by atoms with E-state index in [0.29, 0.717) is 0 Å². The number of rotatable bonds is 4. The summed E-state index contributed by atoms with van der Waals surface area (Å²) in [6.45, 7) is 0. The first-order chi connectivity index (χ1) is 10.2. The Morgan fingerprint density at radius 3 is 2.48 bits per heavy atom. The van der Waals surface area contributed by atoms with E-state index < -0.39 is 0 Å². The molecule has 0 unspecified atom stereocenters. The number of para-hydroxylation sites is 2. The molecule has 0 fully saturated rings. The molecule has 0 aliphatic carbocycles. The zero-order valence-electron chi connectivity index (χ0n) is 12.5. The summed E-state index contributed by atoms with van der Waals surface area (Å²) in [6.07, 6.45) is 0.755. The Balaban J connectivity index is 1.96. The lowest BCUT2D eigenvalue weighted by atomic mass is 10.1. The third-order valence-corrected chi connectivity index (χ3v) is 3.69. The molecular formula is C17H18N2O2. The van der Waals surface area contributed by atoms with Crippen molar-refractivity contribution in [3.8, 4) is 11.5 Å². The van der Waals surface area contributed by atoms with Crippen LogP contribution in [-0.2, 0) is 13.5 Å². The molecule has 0 radical (unpaired) electrons. The summed E-state index contributed by atoms with van der Waals surface area (Å²) in [7, 11) is 5.34. The summed E-state index contributed by atoms with van der Waals surface area (Å²) in [4.78, 5) is 4.70. The van der Waals surface area contributed by atoms with Gasteiger partial charge in [0.25, 0.3) is 0 Å². The average Bonchev–Trinajstić information content (AvgIpc) is 2.84. The van der Waals surface area contributed by atoms with Gasteiger partial charge in [-0.2, -0.15) is 0 Å². The van der Waals surface area contributed by atoms with E-state index in [1.807, 2.05) is 43.4 Å². The fraction of sp³-hybridized carbons (Fsp3) is 0.235. The summed E-state index contributed by atoms with van der Waals surface area (Å²) in [5, 5.41) is 0. The van der Waals surface area contributed by atoms with E-state index in [4.69, 9.17) is 14.5 Å². The number of methoxy groups -OCH3 is 2. The molecule has 0 spiro atoms. The van der Waals surface area contributed by atoms with Crippen LogP contribution in [0.1, 0.15) is 11.4 Å². The summed E-state index contributed by atoms with van der Waals surface area (Å²) >= 11 is 0. The first kappa shape index (κ1) is 13.5. The van der Waals surface area contributed by atoms with Crippen molar-refractivity contribution in [3.63, 3.8) is 0 Å². The van der Waals surface area contributed by atoms with Crippen LogP contribution in [0.5, 0.6) is 11.5 Å². The second kappa shape index (κ2) is 5.48. The van der Waals surface area contributed by atoms with Gasteiger partial charge in [0, 0.05) is 13.5 Å². The summed E-state index contributed by atoms with van der Waals surface area (Å²) < 4.78 is 12.7. The smallest absolute Gasteiger partial charge is 0.161 e. The number of nitrogens with zero attached hydrogens (tertiary/aromatic N) is 2. The lowest BCUT2D eigenvalue weighted by Crippen LogP contribution is -2.00. The van der Waals surface area contributed by atoms with Crippen molar-refractivity contribution in [3.05, 3.63) is 53.9 Å². The molecule has 0 aliphatic heterocycles. The van der Waals surface area contributed by atoms with Gasteiger partial charge in [-0.3, -0.25) is 0 Å². The highest BCUT2D eigenvalue weighted by molar-refractivity contribution is 5.75. The number of ether oxygens (including phenoxy) is 2. The average molecular weight is 282 g/mol. The molecule has 1 aromatic heterocycles. The summed E-state index contributed by atoms with van der Waals surface area (Å²) in [5.41, 5.74) is 3.31. The normalized spacial score (nSPS) is 10.8. The SMILES string of the molecule is COc1ccc(Cc2nc3ccccc3n2C)cc1OC. The van der Waals surface area contributed by atoms with E-state index in [1.165, 1.54) is 0 Å². The van der Waals surface area contributed by atoms with Crippen LogP contribution in [0, 0.1) is 0 Å². The second-order valence-corrected chi connectivity index (χ2v) is 4.94. The molecule has 3 aromatic rings. The zero-order chi connectivity index (χ0) is 14.8. The molecule has 0 N–H and O–H groups in total. The number of imidazole rings is 1. The highest BCUT2D eigenvalue weighted by atomic mass is 16.5. The van der Waals surface area contributed by atoms with Crippen LogP contribution in [-0.4, -0.2) is 23.8 Å². The molecule has 0 saturated carbocycles. The van der Waals surface area contributed by atoms with Crippen molar-refractivity contribution in [2.45, 2.75) is 6.42 Å². The molecule has 4 nitrogen and oxygen atoms in total. The number of aryl methyl sites for hydroxylation is 1. The minimum atomic E-state index is 0.742. The number of benzene rings is 2. The Bertz CT molecular complexity index is 778. The fourth-order valence-electron chi connectivity index (χ4n) is 2.53. The van der Waals surface area contributed by atoms with Gasteiger partial charge in [0.1, 0.15) is 5.82 Å². The van der Waals surface area contributed by atoms with Crippen molar-refractivity contribution in [1.29, 1.82) is 0 Å². The minimum absolute atomic E-state index is 0.742. The monoisotopic (exact) mass is 282 g/mol. The maximum atomic E-state index is 5.35. The molecule has 0 amide bonds. The first-order valence-electron chi connectivity index (χ1n) is 6.84. The Morgan fingerprint density at radius 1 is 1.00 bits per heavy atom. The van der Waals surface area contributed by atoms with Gasteiger partial charge >= 0.3 is 0 Å². The molecule has 2 aromatic carbocycles. The predicted octanol–water partition coefficient (Wildman–Crippen LogP) is 3.18. The van der Waals surface area contributed by atoms with Gasteiger partial charge in [0.05, 0.1) is 25.3 Å². The van der Waals surface area contributed by atoms with Crippen LogP contribution in [0.3, 0.4) is 0 Å². The van der Waals surface area contributed by atoms with Crippen LogP contribution in [0.25, 0.3) is 11.0 Å². The van der Waals surface area contributed by atoms with Crippen molar-refractivity contribution in [2.24, 2.45) is 7.05 Å². The number of aromatic nitrogens is 2. The molecule has 0 bridgehead atoms. The lowest BCUT2D eigenvalue weighted by Gasteiger charge is -2.09. The molecule has 1 heterocycles. The quantitative estimate of drug-likeness (QED) is 0.737. The Labute approximate surface area is 123 Å². The fourth-order valence-corrected chi connectivity index (χ4v) is 2.53. The van der Waals surface area contributed by atoms with Crippen LogP contribution in [0.4, 0.5) is 0 Å². The third kappa shape index (κ3) is 2.44. The Morgan fingerprint density at radius 2 is 1.76 bits per heavy atom. The molecule has 4 heteroatoms. The van der Waals surface area contributed by atoms with Crippen LogP contribution < -0.4 is 9.47 Å². The molecule has 0 aliphatic rings. The molecule has 0 atom stereocenters. The maximum Gasteiger partial charge on any atom is 0.161 e. The van der Waals surface area contributed by atoms with Gasteiger partial charge < -0.3 is 14.0 Å². The third-order valence-electron chi connectivity index (χ3n) is 3.69. The molecule has 3 rings (SSSR count). The Kier molecular flexibility index (Phi) is 3.52. The van der Waals surface area contributed by atoms with Crippen molar-refractivity contribution < 1.29 is 9.47 Å². The van der Waals surface area contributed by atoms with Crippen LogP contribution in [0.2, 0.25) is 0 Å². The first-order valence-corrected chi connectivity index (χ1v) is 6.84. The summed E-state index contributed by atoms with van der Waals surface area (Å²) in [6, 6.07) is 14.1. The van der Waals surface area contributed by atoms with Gasteiger partial charge in [-0.15, -0.1) is 0 Å². The lowest BCUT2D eigenvalue weighted by molar-refractivity contribution is 0.354. The Hall–Kier alpha value is -2.49. The van der Waals surface area contributed by atoms with E-state index in [-0.39, 0.29) is 0 Å². The second-order valence-electron chi connectivity index (χ2n) is 4.94. The van der Waals surface area contributed by atoms with Crippen LogP contribution in [0.15, 0.2) is 42.5 Å². The largest absolute Gasteiger partial charge is 0.493 e. The van der Waals surface area contributed by atoms with Gasteiger partial charge in [0.15, 0.2) is 11.5 Å². The van der Waals surface area contributed by atoms with E-state index in [1.54, 1.807) is 14.2 Å². The van der Waals surface area contributed by atoms with Gasteiger partial charge in [-0.25, -0.2) is 4.98 Å². The topological polar surface area (TPSA) is 36.3 Å². The van der Waals surface area contributed by atoms with E-state index in [9.17, 15) is 0 Å². The van der Waals surface area contributed by atoms with Crippen molar-refractivity contribution in [1.82, 2.24) is 9.55 Å². The molecular weight excluding hydrogens is 264 g/mol. The highest BCUT2D eigenvalue weighted by Gasteiger charge is 2.10. The van der Waals surface area contributed by atoms with Gasteiger partial charge in [-0.1, -0.05) is 18.2 Å². The number of hydrogen-bond donors (Lipinski definition) is 0. The van der Waals surface area contributed by atoms with E-state index in [0.717, 1.165) is 40.3 Å². The number of fused-ring (bicyclic) bond motifs is 1. The standard InChI is InChI=1S/C17H18N2O2/c1-19-14-7-5-4-6-13(14)18-17(19)11-12-8-9-15(20-2)16(10-12)21-3/h4-10H,11H2,1-3H3. The molecule has 0 saturated heterocycles. The maximum absolute atomic E-state index is 5.35.